The van der Waals surface area contributed by atoms with Crippen molar-refractivity contribution in [3.05, 3.63) is 12.2 Å². The highest BCUT2D eigenvalue weighted by Gasteiger charge is 2.59. The average Bonchev–Trinajstić information content (AvgIpc) is 3.09. The number of hydrogen-bond acceptors (Lipinski definition) is 4. The van der Waals surface area contributed by atoms with Gasteiger partial charge in [-0.15, -0.1) is 0 Å². The highest BCUT2D eigenvalue weighted by atomic mass is 32.2. The van der Waals surface area contributed by atoms with E-state index in [1.807, 2.05) is 16.7 Å². The van der Waals surface area contributed by atoms with Gasteiger partial charge in [-0.25, -0.2) is 0 Å². The first kappa shape index (κ1) is 14.3. The summed E-state index contributed by atoms with van der Waals surface area (Å²) >= 11 is 1.85. The van der Waals surface area contributed by atoms with Gasteiger partial charge in [0.15, 0.2) is 0 Å². The molecule has 22 heavy (non-hydrogen) atoms. The van der Waals surface area contributed by atoms with Gasteiger partial charge in [0.1, 0.15) is 6.54 Å². The van der Waals surface area contributed by atoms with Crippen molar-refractivity contribution in [1.82, 2.24) is 9.80 Å². The van der Waals surface area contributed by atoms with Crippen LogP contribution in [0.2, 0.25) is 0 Å². The minimum Gasteiger partial charge on any atom is -0.340 e. The zero-order valence-corrected chi connectivity index (χ0v) is 13.3. The predicted octanol–water partition coefficient (Wildman–Crippen LogP) is 0.759. The SMILES string of the molecule is O=C(CN1C(=O)[C@@H]2[C@H](C1=O)[C@H]1C=C[C@H]2C1)N1CCCSCC1. The van der Waals surface area contributed by atoms with Crippen molar-refractivity contribution in [2.45, 2.75) is 12.8 Å². The van der Waals surface area contributed by atoms with E-state index < -0.39 is 0 Å². The van der Waals surface area contributed by atoms with Crippen molar-refractivity contribution in [2.75, 3.05) is 31.1 Å². The van der Waals surface area contributed by atoms with Gasteiger partial charge in [-0.3, -0.25) is 19.3 Å². The number of likely N-dealkylation sites (tertiary alicyclic amines) is 1. The molecule has 4 atom stereocenters. The molecule has 4 aliphatic rings. The molecule has 0 unspecified atom stereocenters. The number of amides is 3. The van der Waals surface area contributed by atoms with Gasteiger partial charge in [-0.1, -0.05) is 12.2 Å². The molecule has 3 fully saturated rings. The molecule has 0 spiro atoms. The molecular formula is C16H20N2O3S. The Bertz CT molecular complexity index is 524. The summed E-state index contributed by atoms with van der Waals surface area (Å²) < 4.78 is 0. The standard InChI is InChI=1S/C16H20N2O3S/c19-12(17-4-1-6-22-7-5-17)9-18-15(20)13-10-2-3-11(8-10)14(13)16(18)21/h2-3,10-11,13-14H,1,4-9H2/t10-,11-,13-,14+/m0/s1. The number of carbonyl (C=O) groups excluding carboxylic acids is 3. The van der Waals surface area contributed by atoms with Crippen LogP contribution in [0.25, 0.3) is 0 Å². The number of rotatable bonds is 2. The fraction of sp³-hybridized carbons (Fsp3) is 0.688. The summed E-state index contributed by atoms with van der Waals surface area (Å²) in [6, 6.07) is 0. The summed E-state index contributed by atoms with van der Waals surface area (Å²) in [6.45, 7) is 1.40. The molecule has 0 radical (unpaired) electrons. The first-order chi connectivity index (χ1) is 10.7. The van der Waals surface area contributed by atoms with Gasteiger partial charge < -0.3 is 4.90 Å². The first-order valence-corrected chi connectivity index (χ1v) is 9.21. The molecule has 5 nitrogen and oxygen atoms in total. The van der Waals surface area contributed by atoms with Crippen LogP contribution in [-0.2, 0) is 14.4 Å². The van der Waals surface area contributed by atoms with E-state index in [1.54, 1.807) is 0 Å². The van der Waals surface area contributed by atoms with E-state index in [4.69, 9.17) is 0 Å². The summed E-state index contributed by atoms with van der Waals surface area (Å²) in [6.07, 6.45) is 6.07. The van der Waals surface area contributed by atoms with Gasteiger partial charge in [0.05, 0.1) is 11.8 Å². The van der Waals surface area contributed by atoms with E-state index in [0.717, 1.165) is 37.4 Å². The topological polar surface area (TPSA) is 57.7 Å². The molecule has 4 rings (SSSR count). The Hall–Kier alpha value is -1.30. The third kappa shape index (κ3) is 2.11. The third-order valence-electron chi connectivity index (χ3n) is 5.43. The number of imide groups is 1. The minimum atomic E-state index is -0.199. The molecule has 0 aromatic carbocycles. The lowest BCUT2D eigenvalue weighted by Gasteiger charge is -2.23. The van der Waals surface area contributed by atoms with Crippen molar-refractivity contribution in [3.63, 3.8) is 0 Å². The molecule has 2 aliphatic heterocycles. The van der Waals surface area contributed by atoms with E-state index in [1.165, 1.54) is 4.90 Å². The van der Waals surface area contributed by atoms with E-state index >= 15 is 0 Å². The molecule has 0 N–H and O–H groups in total. The lowest BCUT2D eigenvalue weighted by molar-refractivity contribution is -0.147. The molecule has 0 aromatic rings. The Kier molecular flexibility index (Phi) is 3.51. The second-order valence-corrected chi connectivity index (χ2v) is 7.83. The second kappa shape index (κ2) is 5.41. The molecule has 2 bridgehead atoms. The van der Waals surface area contributed by atoms with Crippen molar-refractivity contribution < 1.29 is 14.4 Å². The molecule has 6 heteroatoms. The van der Waals surface area contributed by atoms with Gasteiger partial charge in [0.2, 0.25) is 17.7 Å². The lowest BCUT2D eigenvalue weighted by atomic mass is 9.85. The number of nitrogens with zero attached hydrogens (tertiary/aromatic N) is 2. The number of carbonyl (C=O) groups is 3. The fourth-order valence-corrected chi connectivity index (χ4v) is 5.24. The molecule has 2 saturated heterocycles. The maximum atomic E-state index is 12.6. The Morgan fingerprint density at radius 3 is 2.45 bits per heavy atom. The molecule has 2 aliphatic carbocycles. The summed E-state index contributed by atoms with van der Waals surface area (Å²) in [5.41, 5.74) is 0. The van der Waals surface area contributed by atoms with E-state index in [-0.39, 0.29) is 47.9 Å². The van der Waals surface area contributed by atoms with Gasteiger partial charge in [-0.2, -0.15) is 11.8 Å². The summed E-state index contributed by atoms with van der Waals surface area (Å²) in [7, 11) is 0. The molecular weight excluding hydrogens is 300 g/mol. The molecule has 2 heterocycles. The van der Waals surface area contributed by atoms with E-state index in [9.17, 15) is 14.4 Å². The molecule has 118 valence electrons. The van der Waals surface area contributed by atoms with E-state index in [0.29, 0.717) is 0 Å². The van der Waals surface area contributed by atoms with Crippen LogP contribution in [-0.4, -0.2) is 58.7 Å². The van der Waals surface area contributed by atoms with Crippen molar-refractivity contribution in [3.8, 4) is 0 Å². The Morgan fingerprint density at radius 1 is 1.09 bits per heavy atom. The highest BCUT2D eigenvalue weighted by Crippen LogP contribution is 2.52. The van der Waals surface area contributed by atoms with Crippen molar-refractivity contribution >= 4 is 29.5 Å². The lowest BCUT2D eigenvalue weighted by Crippen LogP contribution is -2.44. The van der Waals surface area contributed by atoms with Crippen molar-refractivity contribution in [1.29, 1.82) is 0 Å². The maximum absolute atomic E-state index is 12.6. The van der Waals surface area contributed by atoms with Gasteiger partial charge in [0.25, 0.3) is 0 Å². The van der Waals surface area contributed by atoms with Crippen LogP contribution in [0.3, 0.4) is 0 Å². The Balaban J connectivity index is 1.46. The second-order valence-electron chi connectivity index (χ2n) is 6.61. The molecule has 1 saturated carbocycles. The fourth-order valence-electron chi connectivity index (χ4n) is 4.35. The minimum absolute atomic E-state index is 0.0607. The maximum Gasteiger partial charge on any atom is 0.242 e. The molecule has 0 aromatic heterocycles. The summed E-state index contributed by atoms with van der Waals surface area (Å²) in [5.74, 6) is 1.71. The number of thioether (sulfide) groups is 1. The normalized spacial score (nSPS) is 36.9. The zero-order chi connectivity index (χ0) is 15.3. The van der Waals surface area contributed by atoms with Gasteiger partial charge >= 0.3 is 0 Å². The smallest absolute Gasteiger partial charge is 0.242 e. The van der Waals surface area contributed by atoms with Crippen molar-refractivity contribution in [2.24, 2.45) is 23.7 Å². The third-order valence-corrected chi connectivity index (χ3v) is 6.48. The largest absolute Gasteiger partial charge is 0.340 e. The average molecular weight is 320 g/mol. The number of hydrogen-bond donors (Lipinski definition) is 0. The monoisotopic (exact) mass is 320 g/mol. The Labute approximate surface area is 134 Å². The van der Waals surface area contributed by atoms with Gasteiger partial charge in [-0.05, 0) is 30.4 Å². The van der Waals surface area contributed by atoms with Gasteiger partial charge in [0, 0.05) is 18.8 Å². The Morgan fingerprint density at radius 2 is 1.77 bits per heavy atom. The zero-order valence-electron chi connectivity index (χ0n) is 12.4. The summed E-state index contributed by atoms with van der Waals surface area (Å²) in [5, 5.41) is 0. The first-order valence-electron chi connectivity index (χ1n) is 8.06. The predicted molar refractivity (Wildman–Crippen MR) is 83.0 cm³/mol. The van der Waals surface area contributed by atoms with Crippen LogP contribution < -0.4 is 0 Å². The highest BCUT2D eigenvalue weighted by molar-refractivity contribution is 7.99. The van der Waals surface area contributed by atoms with Crippen LogP contribution in [0.5, 0.6) is 0 Å². The summed E-state index contributed by atoms with van der Waals surface area (Å²) in [4.78, 5) is 40.6. The van der Waals surface area contributed by atoms with Crippen LogP contribution in [0.15, 0.2) is 12.2 Å². The quantitative estimate of drug-likeness (QED) is 0.557. The van der Waals surface area contributed by atoms with Crippen LogP contribution in [0, 0.1) is 23.7 Å². The van der Waals surface area contributed by atoms with Crippen LogP contribution >= 0.6 is 11.8 Å². The molecule has 3 amide bonds. The van der Waals surface area contributed by atoms with E-state index in [2.05, 4.69) is 12.2 Å². The van der Waals surface area contributed by atoms with Crippen LogP contribution in [0.4, 0.5) is 0 Å². The number of fused-ring (bicyclic) bond motifs is 5. The number of allylic oxidation sites excluding steroid dienone is 2. The van der Waals surface area contributed by atoms with Crippen LogP contribution in [0.1, 0.15) is 12.8 Å².